The Morgan fingerprint density at radius 3 is 2.44 bits per heavy atom. The van der Waals surface area contributed by atoms with Crippen molar-refractivity contribution in [2.24, 2.45) is 17.2 Å². The molecule has 12 heteroatoms. The van der Waals surface area contributed by atoms with Gasteiger partial charge in [0.15, 0.2) is 5.76 Å². The summed E-state index contributed by atoms with van der Waals surface area (Å²) in [5, 5.41) is 5.98. The Morgan fingerprint density at radius 2 is 1.86 bits per heavy atom. The minimum atomic E-state index is -0.830. The van der Waals surface area contributed by atoms with Gasteiger partial charge in [-0.3, -0.25) is 15.0 Å². The van der Waals surface area contributed by atoms with Crippen LogP contribution in [0.3, 0.4) is 0 Å². The van der Waals surface area contributed by atoms with E-state index in [1.165, 1.54) is 19.4 Å². The molecule has 43 heavy (non-hydrogen) atoms. The van der Waals surface area contributed by atoms with Gasteiger partial charge in [-0.1, -0.05) is 81.3 Å². The van der Waals surface area contributed by atoms with Gasteiger partial charge in [0, 0.05) is 36.3 Å². The van der Waals surface area contributed by atoms with Gasteiger partial charge in [0.1, 0.15) is 18.2 Å². The van der Waals surface area contributed by atoms with E-state index in [2.05, 4.69) is 10.6 Å². The molecule has 0 bridgehead atoms. The molecule has 0 spiro atoms. The van der Waals surface area contributed by atoms with Gasteiger partial charge in [0.2, 0.25) is 11.8 Å². The van der Waals surface area contributed by atoms with Gasteiger partial charge in [-0.25, -0.2) is 15.4 Å². The Bertz CT molecular complexity index is 1160. The number of nitrogens with one attached hydrogen (secondary N) is 3. The molecule has 0 radical (unpaired) electrons. The van der Waals surface area contributed by atoms with Crippen LogP contribution in [0.2, 0.25) is 0 Å². The standard InChI is InChI=1S/C31H45ClN4O7/c1-20(19-21(2)24-16-17-25(41-7)29(39)43-24)11-8-9-13-26(37)35-27(31(4,5)6)28(38)34-18-10-12-23(15-14-22(3)32)42-30(40)36-33/h8-11,13-14,17-19,21,23-24,27H,12,15-16,33H2,1-7H3,(H,34,38)(H,35,37)(H,36,40)/b11-8+,13-9-,18-10-,20-19+,22-14+. The number of cyclic esters (lactones) is 1. The molecule has 0 aromatic heterocycles. The molecule has 5 N–H and O–H groups in total. The molecule has 11 nitrogen and oxygen atoms in total. The lowest BCUT2D eigenvalue weighted by atomic mass is 9.86. The highest BCUT2D eigenvalue weighted by molar-refractivity contribution is 6.29. The zero-order valence-electron chi connectivity index (χ0n) is 25.9. The van der Waals surface area contributed by atoms with E-state index in [1.807, 2.05) is 52.2 Å². The van der Waals surface area contributed by atoms with Crippen LogP contribution < -0.4 is 21.9 Å². The van der Waals surface area contributed by atoms with E-state index >= 15 is 0 Å². The third-order valence-corrected chi connectivity index (χ3v) is 6.41. The van der Waals surface area contributed by atoms with Gasteiger partial charge in [0.05, 0.1) is 7.11 Å². The minimum Gasteiger partial charge on any atom is -0.490 e. The van der Waals surface area contributed by atoms with Crippen molar-refractivity contribution in [1.82, 2.24) is 16.1 Å². The van der Waals surface area contributed by atoms with E-state index in [9.17, 15) is 19.2 Å². The molecule has 0 aliphatic carbocycles. The smallest absolute Gasteiger partial charge is 0.421 e. The van der Waals surface area contributed by atoms with E-state index in [1.54, 1.807) is 37.3 Å². The highest BCUT2D eigenvalue weighted by Crippen LogP contribution is 2.23. The number of allylic oxidation sites excluding steroid dienone is 5. The molecule has 1 rings (SSSR count). The normalized spacial score (nSPS) is 18.6. The number of carbonyl (C=O) groups is 4. The Hall–Kier alpha value is -3.83. The van der Waals surface area contributed by atoms with Crippen LogP contribution in [-0.2, 0) is 28.6 Å². The SMILES string of the molecule is COC1=CCC(C(C)/C=C(C)/C=C/C=C\C(=O)NC(C(=O)N/C=C\CC(C/C=C(\C)Cl)OC(=O)NN)C(C)(C)C)OC1=O. The van der Waals surface area contributed by atoms with E-state index < -0.39 is 41.4 Å². The number of nitrogens with two attached hydrogens (primary N) is 1. The second-order valence-electron chi connectivity index (χ2n) is 11.1. The Labute approximate surface area is 259 Å². The van der Waals surface area contributed by atoms with Gasteiger partial charge >= 0.3 is 12.1 Å². The molecule has 1 heterocycles. The quantitative estimate of drug-likeness (QED) is 0.0549. The summed E-state index contributed by atoms with van der Waals surface area (Å²) in [6.07, 6.45) is 14.6. The summed E-state index contributed by atoms with van der Waals surface area (Å²) in [4.78, 5) is 48.9. The van der Waals surface area contributed by atoms with Crippen LogP contribution >= 0.6 is 11.6 Å². The maximum atomic E-state index is 12.9. The number of esters is 1. The van der Waals surface area contributed by atoms with Gasteiger partial charge in [-0.2, -0.15) is 0 Å². The number of carbonyl (C=O) groups excluding carboxylic acids is 4. The third-order valence-electron chi connectivity index (χ3n) is 6.26. The molecule has 1 aliphatic heterocycles. The largest absolute Gasteiger partial charge is 0.490 e. The molecule has 0 saturated carbocycles. The monoisotopic (exact) mass is 620 g/mol. The van der Waals surface area contributed by atoms with Crippen LogP contribution in [0.15, 0.2) is 71.2 Å². The van der Waals surface area contributed by atoms with Crippen LogP contribution in [0.25, 0.3) is 0 Å². The first-order chi connectivity index (χ1) is 20.2. The molecule has 0 fully saturated rings. The lowest BCUT2D eigenvalue weighted by molar-refractivity contribution is -0.151. The summed E-state index contributed by atoms with van der Waals surface area (Å²) in [5.41, 5.74) is 2.26. The predicted molar refractivity (Wildman–Crippen MR) is 166 cm³/mol. The van der Waals surface area contributed by atoms with Crippen LogP contribution in [0.4, 0.5) is 4.79 Å². The molecule has 4 atom stereocenters. The highest BCUT2D eigenvalue weighted by Gasteiger charge is 2.32. The number of amides is 3. The van der Waals surface area contributed by atoms with Crippen LogP contribution in [0.5, 0.6) is 0 Å². The summed E-state index contributed by atoms with van der Waals surface area (Å²) in [6.45, 7) is 11.1. The summed E-state index contributed by atoms with van der Waals surface area (Å²) in [7, 11) is 1.43. The fourth-order valence-electron chi connectivity index (χ4n) is 3.95. The third kappa shape index (κ3) is 14.8. The Balaban J connectivity index is 2.71. The summed E-state index contributed by atoms with van der Waals surface area (Å²) >= 11 is 5.87. The van der Waals surface area contributed by atoms with Gasteiger partial charge < -0.3 is 24.8 Å². The number of hydrogen-bond donors (Lipinski definition) is 4. The number of methoxy groups -OCH3 is 1. The fourth-order valence-corrected chi connectivity index (χ4v) is 4.04. The van der Waals surface area contributed by atoms with Crippen LogP contribution in [-0.4, -0.2) is 49.2 Å². The number of ether oxygens (including phenoxy) is 3. The zero-order chi connectivity index (χ0) is 32.6. The molecule has 0 saturated heterocycles. The summed E-state index contributed by atoms with van der Waals surface area (Å²) in [5.74, 6) is 3.97. The fraction of sp³-hybridized carbons (Fsp3) is 0.484. The van der Waals surface area contributed by atoms with Crippen LogP contribution in [0.1, 0.15) is 60.8 Å². The van der Waals surface area contributed by atoms with Crippen molar-refractivity contribution in [3.63, 3.8) is 0 Å². The maximum Gasteiger partial charge on any atom is 0.421 e. The average Bonchev–Trinajstić information content (AvgIpc) is 2.93. The average molecular weight is 621 g/mol. The van der Waals surface area contributed by atoms with Crippen molar-refractivity contribution in [1.29, 1.82) is 0 Å². The Morgan fingerprint density at radius 1 is 1.19 bits per heavy atom. The van der Waals surface area contributed by atoms with Crippen molar-refractivity contribution in [2.45, 2.75) is 79.1 Å². The first-order valence-corrected chi connectivity index (χ1v) is 14.3. The first kappa shape index (κ1) is 37.2. The molecule has 3 amide bonds. The van der Waals surface area contributed by atoms with Gasteiger partial charge in [0.25, 0.3) is 0 Å². The number of rotatable bonds is 14. The molecular weight excluding hydrogens is 576 g/mol. The van der Waals surface area contributed by atoms with E-state index in [0.717, 1.165) is 5.57 Å². The molecule has 0 aromatic carbocycles. The molecule has 1 aliphatic rings. The van der Waals surface area contributed by atoms with E-state index in [4.69, 9.17) is 31.7 Å². The predicted octanol–water partition coefficient (Wildman–Crippen LogP) is 4.58. The van der Waals surface area contributed by atoms with Gasteiger partial charge in [-0.15, -0.1) is 0 Å². The molecular formula is C31H45ClN4O7. The van der Waals surface area contributed by atoms with Crippen molar-refractivity contribution in [3.8, 4) is 0 Å². The summed E-state index contributed by atoms with van der Waals surface area (Å²) in [6, 6.07) is -0.830. The van der Waals surface area contributed by atoms with Crippen molar-refractivity contribution < 1.29 is 33.4 Å². The zero-order valence-corrected chi connectivity index (χ0v) is 26.7. The minimum absolute atomic E-state index is 0.0221. The lowest BCUT2D eigenvalue weighted by Gasteiger charge is -2.29. The van der Waals surface area contributed by atoms with Gasteiger partial charge in [-0.05, 0) is 31.5 Å². The topological polar surface area (TPSA) is 158 Å². The molecule has 238 valence electrons. The van der Waals surface area contributed by atoms with Crippen molar-refractivity contribution in [2.75, 3.05) is 7.11 Å². The number of halogens is 1. The first-order valence-electron chi connectivity index (χ1n) is 13.9. The lowest BCUT2D eigenvalue weighted by Crippen LogP contribution is -2.52. The second kappa shape index (κ2) is 18.7. The Kier molecular flexibility index (Phi) is 16.1. The maximum absolute atomic E-state index is 12.9. The van der Waals surface area contributed by atoms with Crippen LogP contribution in [0, 0.1) is 11.3 Å². The number of hydrogen-bond acceptors (Lipinski definition) is 8. The van der Waals surface area contributed by atoms with Crippen molar-refractivity contribution >= 4 is 35.5 Å². The van der Waals surface area contributed by atoms with Crippen molar-refractivity contribution in [3.05, 3.63) is 71.2 Å². The number of hydrazine groups is 1. The highest BCUT2D eigenvalue weighted by atomic mass is 35.5. The summed E-state index contributed by atoms with van der Waals surface area (Å²) < 4.78 is 15.6. The second-order valence-corrected chi connectivity index (χ2v) is 11.7. The van der Waals surface area contributed by atoms with E-state index in [0.29, 0.717) is 24.3 Å². The molecule has 0 aromatic rings. The van der Waals surface area contributed by atoms with E-state index in [-0.39, 0.29) is 17.8 Å². The molecule has 4 unspecified atom stereocenters.